The van der Waals surface area contributed by atoms with Gasteiger partial charge in [0.1, 0.15) is 5.56 Å². The van der Waals surface area contributed by atoms with Gasteiger partial charge in [-0.15, -0.1) is 12.4 Å². The number of halogens is 1. The van der Waals surface area contributed by atoms with Crippen LogP contribution in [-0.4, -0.2) is 31.2 Å². The summed E-state index contributed by atoms with van der Waals surface area (Å²) in [5.74, 6) is -0.728. The average Bonchev–Trinajstić information content (AvgIpc) is 3.05. The van der Waals surface area contributed by atoms with Gasteiger partial charge < -0.3 is 10.5 Å². The van der Waals surface area contributed by atoms with Gasteiger partial charge in [-0.2, -0.15) is 5.10 Å². The molecule has 0 saturated heterocycles. The van der Waals surface area contributed by atoms with E-state index in [4.69, 9.17) is 10.5 Å². The van der Waals surface area contributed by atoms with E-state index in [0.29, 0.717) is 12.1 Å². The third-order valence-electron chi connectivity index (χ3n) is 4.15. The number of ether oxygens (including phenoxy) is 1. The first-order chi connectivity index (χ1) is 11.9. The lowest BCUT2D eigenvalue weighted by Gasteiger charge is -2.26. The molecule has 1 heterocycles. The van der Waals surface area contributed by atoms with Crippen LogP contribution >= 0.6 is 12.4 Å². The number of nitrogen functional groups attached to an aromatic ring is 1. The fourth-order valence-electron chi connectivity index (χ4n) is 3.04. The molecule has 2 aromatic rings. The Morgan fingerprint density at radius 3 is 2.96 bits per heavy atom. The van der Waals surface area contributed by atoms with Crippen LogP contribution in [0.5, 0.6) is 0 Å². The summed E-state index contributed by atoms with van der Waals surface area (Å²) in [6, 6.07) is 5.09. The van der Waals surface area contributed by atoms with Gasteiger partial charge in [0.2, 0.25) is 0 Å². The Balaban J connectivity index is 0.00000243. The highest BCUT2D eigenvalue weighted by molar-refractivity contribution is 7.89. The number of carbonyl (C=O) groups is 1. The maximum Gasteiger partial charge on any atom is 0.342 e. The van der Waals surface area contributed by atoms with Crippen LogP contribution in [0.3, 0.4) is 0 Å². The van der Waals surface area contributed by atoms with Crippen LogP contribution < -0.4 is 10.5 Å². The van der Waals surface area contributed by atoms with E-state index in [-0.39, 0.29) is 35.6 Å². The molecule has 0 amide bonds. The molecule has 1 atom stereocenters. The van der Waals surface area contributed by atoms with Gasteiger partial charge in [-0.25, -0.2) is 17.9 Å². The van der Waals surface area contributed by atoms with Gasteiger partial charge in [0.25, 0.3) is 10.0 Å². The van der Waals surface area contributed by atoms with E-state index in [2.05, 4.69) is 14.9 Å². The number of aromatic nitrogens is 2. The highest BCUT2D eigenvalue weighted by Crippen LogP contribution is 2.32. The smallest absolute Gasteiger partial charge is 0.342 e. The summed E-state index contributed by atoms with van der Waals surface area (Å²) in [5, 5.41) is 5.78. The zero-order valence-electron chi connectivity index (χ0n) is 14.2. The number of benzene rings is 1. The molecule has 1 aliphatic rings. The number of hydrogen-bond acceptors (Lipinski definition) is 6. The number of nitrogens with zero attached hydrogens (tertiary/aromatic N) is 1. The van der Waals surface area contributed by atoms with Crippen molar-refractivity contribution in [3.05, 3.63) is 41.1 Å². The van der Waals surface area contributed by atoms with Crippen LogP contribution in [0.25, 0.3) is 0 Å². The fourth-order valence-corrected chi connectivity index (χ4v) is 4.37. The summed E-state index contributed by atoms with van der Waals surface area (Å²) < 4.78 is 33.0. The van der Waals surface area contributed by atoms with E-state index >= 15 is 0 Å². The van der Waals surface area contributed by atoms with Gasteiger partial charge in [-0.3, -0.25) is 5.10 Å². The van der Waals surface area contributed by atoms with Gasteiger partial charge in [0.05, 0.1) is 12.8 Å². The first-order valence-electron chi connectivity index (χ1n) is 8.03. The molecule has 1 aromatic heterocycles. The molecule has 0 saturated carbocycles. The molecule has 26 heavy (non-hydrogen) atoms. The maximum atomic E-state index is 12.8. The number of nitrogens with two attached hydrogens (primary N) is 1. The predicted molar refractivity (Wildman–Crippen MR) is 98.6 cm³/mol. The number of aryl methyl sites for hydroxylation is 1. The molecule has 1 unspecified atom stereocenters. The lowest BCUT2D eigenvalue weighted by Crippen LogP contribution is -2.32. The van der Waals surface area contributed by atoms with Gasteiger partial charge >= 0.3 is 5.97 Å². The SMILES string of the molecule is CCOC(=O)c1cn[nH]c1S(=O)(=O)NC1CCCc2cc(N)ccc21.Cl. The van der Waals surface area contributed by atoms with E-state index < -0.39 is 16.0 Å². The molecule has 1 aromatic carbocycles. The monoisotopic (exact) mass is 400 g/mol. The second-order valence-electron chi connectivity index (χ2n) is 5.86. The summed E-state index contributed by atoms with van der Waals surface area (Å²) >= 11 is 0. The minimum atomic E-state index is -3.96. The van der Waals surface area contributed by atoms with E-state index in [1.165, 1.54) is 0 Å². The van der Waals surface area contributed by atoms with Crippen LogP contribution in [0, 0.1) is 0 Å². The van der Waals surface area contributed by atoms with Crippen molar-refractivity contribution >= 4 is 34.1 Å². The van der Waals surface area contributed by atoms with Crippen molar-refractivity contribution in [3.8, 4) is 0 Å². The number of H-pyrrole nitrogens is 1. The third-order valence-corrected chi connectivity index (χ3v) is 5.59. The standard InChI is InChI=1S/C16H20N4O4S.ClH/c1-2-24-16(21)13-9-18-19-15(13)25(22,23)20-14-5-3-4-10-8-11(17)6-7-12(10)14;/h6-9,14,20H,2-5,17H2,1H3,(H,18,19);1H. The normalized spacial score (nSPS) is 16.4. The maximum absolute atomic E-state index is 12.8. The summed E-state index contributed by atoms with van der Waals surface area (Å²) in [4.78, 5) is 11.9. The van der Waals surface area contributed by atoms with Gasteiger partial charge in [0.15, 0.2) is 5.03 Å². The lowest BCUT2D eigenvalue weighted by atomic mass is 9.88. The predicted octanol–water partition coefficient (Wildman–Crippen LogP) is 1.95. The first kappa shape index (κ1) is 20.2. The van der Waals surface area contributed by atoms with Crippen molar-refractivity contribution < 1.29 is 17.9 Å². The number of fused-ring (bicyclic) bond motifs is 1. The van der Waals surface area contributed by atoms with Crippen LogP contribution in [0.1, 0.15) is 47.3 Å². The second-order valence-corrected chi connectivity index (χ2v) is 7.51. The van der Waals surface area contributed by atoms with E-state index in [1.807, 2.05) is 12.1 Å². The molecule has 3 rings (SSSR count). The number of nitrogens with one attached hydrogen (secondary N) is 2. The number of esters is 1. The Bertz CT molecular complexity index is 897. The molecule has 4 N–H and O–H groups in total. The van der Waals surface area contributed by atoms with Crippen molar-refractivity contribution in [1.82, 2.24) is 14.9 Å². The molecule has 142 valence electrons. The van der Waals surface area contributed by atoms with Gasteiger partial charge in [0, 0.05) is 11.7 Å². The summed E-state index contributed by atoms with van der Waals surface area (Å²) in [6.45, 7) is 1.80. The Kier molecular flexibility index (Phi) is 6.27. The summed E-state index contributed by atoms with van der Waals surface area (Å²) in [6.07, 6.45) is 3.52. The molecule has 8 nitrogen and oxygen atoms in total. The summed E-state index contributed by atoms with van der Waals surface area (Å²) in [7, 11) is -3.96. The largest absolute Gasteiger partial charge is 0.462 e. The highest BCUT2D eigenvalue weighted by atomic mass is 35.5. The topological polar surface area (TPSA) is 127 Å². The van der Waals surface area contributed by atoms with Crippen molar-refractivity contribution in [2.24, 2.45) is 0 Å². The molecular formula is C16H21ClN4O4S. The first-order valence-corrected chi connectivity index (χ1v) is 9.52. The molecule has 0 spiro atoms. The zero-order chi connectivity index (χ0) is 18.0. The van der Waals surface area contributed by atoms with Crippen LogP contribution in [0.2, 0.25) is 0 Å². The number of carbonyl (C=O) groups excluding carboxylic acids is 1. The lowest BCUT2D eigenvalue weighted by molar-refractivity contribution is 0.0522. The van der Waals surface area contributed by atoms with Crippen LogP contribution in [0.4, 0.5) is 5.69 Å². The molecule has 1 aliphatic carbocycles. The molecule has 0 aliphatic heterocycles. The van der Waals surface area contributed by atoms with Gasteiger partial charge in [-0.05, 0) is 49.4 Å². The number of anilines is 1. The highest BCUT2D eigenvalue weighted by Gasteiger charge is 2.30. The Labute approximate surface area is 158 Å². The van der Waals surface area contributed by atoms with E-state index in [9.17, 15) is 13.2 Å². The minimum Gasteiger partial charge on any atom is -0.462 e. The zero-order valence-corrected chi connectivity index (χ0v) is 15.8. The van der Waals surface area contributed by atoms with Gasteiger partial charge in [-0.1, -0.05) is 6.07 Å². The van der Waals surface area contributed by atoms with Crippen LogP contribution in [0.15, 0.2) is 29.4 Å². The number of sulfonamides is 1. The van der Waals surface area contributed by atoms with Crippen molar-refractivity contribution in [2.45, 2.75) is 37.3 Å². The molecule has 0 radical (unpaired) electrons. The Morgan fingerprint density at radius 1 is 1.46 bits per heavy atom. The summed E-state index contributed by atoms with van der Waals surface area (Å²) in [5.41, 5.74) is 8.29. The Morgan fingerprint density at radius 2 is 2.23 bits per heavy atom. The Hall–Kier alpha value is -2.10. The molecule has 0 fully saturated rings. The number of rotatable bonds is 5. The van der Waals surface area contributed by atoms with Crippen molar-refractivity contribution in [1.29, 1.82) is 0 Å². The quantitative estimate of drug-likeness (QED) is 0.520. The molecular weight excluding hydrogens is 380 g/mol. The number of hydrogen-bond donors (Lipinski definition) is 3. The molecule has 10 heteroatoms. The van der Waals surface area contributed by atoms with E-state index in [0.717, 1.165) is 30.2 Å². The van der Waals surface area contributed by atoms with Crippen LogP contribution in [-0.2, 0) is 21.2 Å². The number of aromatic amines is 1. The molecule has 0 bridgehead atoms. The average molecular weight is 401 g/mol. The van der Waals surface area contributed by atoms with Crippen molar-refractivity contribution in [3.63, 3.8) is 0 Å². The fraction of sp³-hybridized carbons (Fsp3) is 0.375. The van der Waals surface area contributed by atoms with Crippen molar-refractivity contribution in [2.75, 3.05) is 12.3 Å². The second kappa shape index (κ2) is 8.07. The minimum absolute atomic E-state index is 0. The third kappa shape index (κ3) is 4.00. The van der Waals surface area contributed by atoms with E-state index in [1.54, 1.807) is 13.0 Å².